The molecule has 9 nitrogen and oxygen atoms in total. The van der Waals surface area contributed by atoms with Crippen LogP contribution in [0.25, 0.3) is 10.1 Å². The molecule has 1 aliphatic carbocycles. The van der Waals surface area contributed by atoms with E-state index in [9.17, 15) is 23.3 Å². The van der Waals surface area contributed by atoms with E-state index in [0.29, 0.717) is 11.7 Å². The number of fused-ring (bicyclic) bond motifs is 1. The average molecular weight is 467 g/mol. The van der Waals surface area contributed by atoms with Gasteiger partial charge in [-0.1, -0.05) is 24.2 Å². The highest BCUT2D eigenvalue weighted by Gasteiger charge is 2.25. The first-order chi connectivity index (χ1) is 14.7. The number of rotatable bonds is 5. The van der Waals surface area contributed by atoms with E-state index in [0.717, 1.165) is 62.2 Å². The normalized spacial score (nSPS) is 19.1. The molecule has 0 N–H and O–H groups in total. The molecule has 2 aliphatic rings. The van der Waals surface area contributed by atoms with Crippen molar-refractivity contribution in [3.63, 3.8) is 0 Å². The van der Waals surface area contributed by atoms with Crippen molar-refractivity contribution in [3.05, 3.63) is 32.6 Å². The van der Waals surface area contributed by atoms with Crippen LogP contribution in [0.3, 0.4) is 0 Å². The number of nitro groups is 1. The number of benzene rings is 1. The van der Waals surface area contributed by atoms with Crippen molar-refractivity contribution in [1.29, 1.82) is 0 Å². The van der Waals surface area contributed by atoms with Gasteiger partial charge in [0.1, 0.15) is 4.70 Å². The van der Waals surface area contributed by atoms with Crippen LogP contribution in [0.15, 0.2) is 21.8 Å². The number of hydrogen-bond donors (Lipinski definition) is 0. The molecule has 1 aromatic carbocycles. The third kappa shape index (κ3) is 4.88. The van der Waals surface area contributed by atoms with Crippen LogP contribution in [-0.2, 0) is 9.84 Å². The van der Waals surface area contributed by atoms with Gasteiger partial charge in [-0.15, -0.1) is 0 Å². The SMILES string of the molecule is CS(=O)(=O)c1cc([N+](=O)[O-])c2sc(N3CCCN(CC4CCCC4)CC3)nc(=O)c2c1. The van der Waals surface area contributed by atoms with Gasteiger partial charge < -0.3 is 9.80 Å². The van der Waals surface area contributed by atoms with Crippen LogP contribution < -0.4 is 10.5 Å². The molecule has 168 valence electrons. The highest BCUT2D eigenvalue weighted by Crippen LogP contribution is 2.34. The van der Waals surface area contributed by atoms with Gasteiger partial charge in [-0.05, 0) is 37.8 Å². The van der Waals surface area contributed by atoms with E-state index in [4.69, 9.17) is 0 Å². The fourth-order valence-electron chi connectivity index (χ4n) is 4.50. The summed E-state index contributed by atoms with van der Waals surface area (Å²) in [6.07, 6.45) is 7.13. The minimum Gasteiger partial charge on any atom is -0.347 e. The van der Waals surface area contributed by atoms with Crippen molar-refractivity contribution in [2.24, 2.45) is 5.92 Å². The molecule has 1 aliphatic heterocycles. The molecule has 0 bridgehead atoms. The lowest BCUT2D eigenvalue weighted by atomic mass is 10.1. The fraction of sp³-hybridized carbons (Fsp3) is 0.600. The molecular formula is C20H26N4O5S2. The molecule has 31 heavy (non-hydrogen) atoms. The van der Waals surface area contributed by atoms with Crippen LogP contribution in [0.2, 0.25) is 0 Å². The molecule has 0 atom stereocenters. The first-order valence-electron chi connectivity index (χ1n) is 10.5. The van der Waals surface area contributed by atoms with Crippen LogP contribution in [0.5, 0.6) is 0 Å². The summed E-state index contributed by atoms with van der Waals surface area (Å²) in [4.78, 5) is 32.1. The summed E-state index contributed by atoms with van der Waals surface area (Å²) in [5.74, 6) is 0.771. The van der Waals surface area contributed by atoms with Crippen LogP contribution in [0, 0.1) is 16.0 Å². The first kappa shape index (κ1) is 22.1. The minimum atomic E-state index is -3.70. The Morgan fingerprint density at radius 3 is 2.58 bits per heavy atom. The zero-order valence-corrected chi connectivity index (χ0v) is 19.1. The smallest absolute Gasteiger partial charge is 0.288 e. The summed E-state index contributed by atoms with van der Waals surface area (Å²) in [6, 6.07) is 2.22. The Balaban J connectivity index is 1.64. The summed E-state index contributed by atoms with van der Waals surface area (Å²) in [7, 11) is -3.70. The number of anilines is 1. The molecule has 0 radical (unpaired) electrons. The summed E-state index contributed by atoms with van der Waals surface area (Å²) >= 11 is 1.09. The number of non-ortho nitro benzene ring substituents is 1. The Labute approximate surface area is 184 Å². The molecule has 4 rings (SSSR count). The van der Waals surface area contributed by atoms with Gasteiger partial charge in [0.2, 0.25) is 0 Å². The third-order valence-electron chi connectivity index (χ3n) is 6.14. The summed E-state index contributed by atoms with van der Waals surface area (Å²) in [6.45, 7) is 4.40. The average Bonchev–Trinajstić information content (AvgIpc) is 3.10. The predicted octanol–water partition coefficient (Wildman–Crippen LogP) is 2.67. The Morgan fingerprint density at radius 2 is 1.90 bits per heavy atom. The van der Waals surface area contributed by atoms with Gasteiger partial charge >= 0.3 is 0 Å². The molecule has 2 aromatic rings. The Hall–Kier alpha value is -2.11. The van der Waals surface area contributed by atoms with Crippen LogP contribution in [0.1, 0.15) is 32.1 Å². The van der Waals surface area contributed by atoms with Crippen LogP contribution in [-0.4, -0.2) is 62.2 Å². The standard InChI is InChI=1S/C20H26N4O5S2/c1-31(28,29)15-11-16-18(17(12-15)24(26)27)30-20(21-19(16)25)23-8-4-7-22(9-10-23)13-14-5-2-3-6-14/h11-12,14H,2-10,13H2,1H3. The molecule has 2 fully saturated rings. The maximum atomic E-state index is 12.7. The maximum absolute atomic E-state index is 12.7. The fourth-order valence-corrected chi connectivity index (χ4v) is 6.28. The van der Waals surface area contributed by atoms with E-state index < -0.39 is 20.3 Å². The van der Waals surface area contributed by atoms with Crippen molar-refractivity contribution >= 4 is 42.1 Å². The Morgan fingerprint density at radius 1 is 1.16 bits per heavy atom. The van der Waals surface area contributed by atoms with E-state index in [1.807, 2.05) is 4.90 Å². The second kappa shape index (κ2) is 8.79. The van der Waals surface area contributed by atoms with Crippen molar-refractivity contribution in [2.75, 3.05) is 43.9 Å². The number of nitrogens with zero attached hydrogens (tertiary/aromatic N) is 4. The summed E-state index contributed by atoms with van der Waals surface area (Å²) in [5, 5.41) is 12.1. The van der Waals surface area contributed by atoms with Gasteiger partial charge in [0, 0.05) is 38.5 Å². The number of nitro benzene ring substituents is 1. The van der Waals surface area contributed by atoms with Crippen molar-refractivity contribution in [2.45, 2.75) is 37.0 Å². The molecule has 0 amide bonds. The van der Waals surface area contributed by atoms with Gasteiger partial charge in [-0.2, -0.15) is 4.98 Å². The second-order valence-electron chi connectivity index (χ2n) is 8.44. The molecular weight excluding hydrogens is 440 g/mol. The molecule has 1 saturated carbocycles. The monoisotopic (exact) mass is 466 g/mol. The van der Waals surface area contributed by atoms with Gasteiger partial charge in [0.25, 0.3) is 11.2 Å². The lowest BCUT2D eigenvalue weighted by Gasteiger charge is -2.24. The van der Waals surface area contributed by atoms with Gasteiger partial charge in [-0.3, -0.25) is 14.9 Å². The zero-order chi connectivity index (χ0) is 22.2. The zero-order valence-electron chi connectivity index (χ0n) is 17.4. The van der Waals surface area contributed by atoms with E-state index >= 15 is 0 Å². The van der Waals surface area contributed by atoms with Crippen molar-refractivity contribution in [3.8, 4) is 0 Å². The molecule has 0 spiro atoms. The minimum absolute atomic E-state index is 0.0268. The van der Waals surface area contributed by atoms with Crippen molar-refractivity contribution < 1.29 is 13.3 Å². The van der Waals surface area contributed by atoms with Crippen molar-refractivity contribution in [1.82, 2.24) is 9.88 Å². The number of aromatic nitrogens is 1. The largest absolute Gasteiger partial charge is 0.347 e. The van der Waals surface area contributed by atoms with E-state index in [1.165, 1.54) is 31.7 Å². The Bertz CT molecular complexity index is 1160. The quantitative estimate of drug-likeness (QED) is 0.488. The lowest BCUT2D eigenvalue weighted by molar-refractivity contribution is -0.383. The lowest BCUT2D eigenvalue weighted by Crippen LogP contribution is -2.34. The van der Waals surface area contributed by atoms with E-state index in [-0.39, 0.29) is 20.7 Å². The summed E-state index contributed by atoms with van der Waals surface area (Å²) < 4.78 is 24.0. The molecule has 1 saturated heterocycles. The highest BCUT2D eigenvalue weighted by atomic mass is 32.2. The molecule has 0 unspecified atom stereocenters. The van der Waals surface area contributed by atoms with Gasteiger partial charge in [0.15, 0.2) is 15.0 Å². The third-order valence-corrected chi connectivity index (χ3v) is 8.40. The van der Waals surface area contributed by atoms with Crippen LogP contribution in [0.4, 0.5) is 10.8 Å². The summed E-state index contributed by atoms with van der Waals surface area (Å²) in [5.41, 5.74) is -1.01. The molecule has 1 aromatic heterocycles. The Kier molecular flexibility index (Phi) is 6.27. The maximum Gasteiger partial charge on any atom is 0.288 e. The second-order valence-corrected chi connectivity index (χ2v) is 11.4. The van der Waals surface area contributed by atoms with Gasteiger partial charge in [-0.25, -0.2) is 8.42 Å². The molecule has 11 heteroatoms. The number of sulfone groups is 1. The van der Waals surface area contributed by atoms with Crippen LogP contribution >= 0.6 is 11.3 Å². The van der Waals surface area contributed by atoms with E-state index in [1.54, 1.807) is 0 Å². The van der Waals surface area contributed by atoms with Gasteiger partial charge in [0.05, 0.1) is 15.2 Å². The predicted molar refractivity (Wildman–Crippen MR) is 121 cm³/mol. The first-order valence-corrected chi connectivity index (χ1v) is 13.2. The molecule has 2 heterocycles. The van der Waals surface area contributed by atoms with E-state index in [2.05, 4.69) is 9.88 Å². The number of hydrogen-bond acceptors (Lipinski definition) is 9. The highest BCUT2D eigenvalue weighted by molar-refractivity contribution is 7.90. The topological polar surface area (TPSA) is 114 Å².